The van der Waals surface area contributed by atoms with Gasteiger partial charge in [-0.1, -0.05) is 18.2 Å². The third-order valence-corrected chi connectivity index (χ3v) is 6.70. The van der Waals surface area contributed by atoms with Crippen LogP contribution in [0.1, 0.15) is 25.7 Å². The second-order valence-corrected chi connectivity index (χ2v) is 9.20. The predicted molar refractivity (Wildman–Crippen MR) is 109 cm³/mol. The Hall–Kier alpha value is -2.65. The van der Waals surface area contributed by atoms with Crippen molar-refractivity contribution in [1.29, 1.82) is 0 Å². The summed E-state index contributed by atoms with van der Waals surface area (Å²) in [5.74, 6) is 0.603. The van der Waals surface area contributed by atoms with E-state index in [0.29, 0.717) is 23.9 Å². The van der Waals surface area contributed by atoms with E-state index in [1.165, 1.54) is 25.0 Å². The van der Waals surface area contributed by atoms with Gasteiger partial charge in [-0.3, -0.25) is 14.8 Å². The first kappa shape index (κ1) is 19.7. The quantitative estimate of drug-likeness (QED) is 0.524. The monoisotopic (exact) mass is 417 g/mol. The third-order valence-electron chi connectivity index (χ3n) is 5.32. The van der Waals surface area contributed by atoms with Crippen LogP contribution in [-0.4, -0.2) is 32.1 Å². The molecule has 2 fully saturated rings. The number of nitro benzene ring substituents is 1. The summed E-state index contributed by atoms with van der Waals surface area (Å²) in [5.41, 5.74) is 0.469. The smallest absolute Gasteiger partial charge is 0.293 e. The standard InChI is InChI=1S/C20H23N3O5S/c24-23(25)19-13-17(29(26,27)22-15-4-2-1-3-5-15)8-9-18(19)21-16-10-11-28-20(12-16)14-6-7-14/h1-5,8-9,13-14,16,20-22H,6-7,10-12H2. The van der Waals surface area contributed by atoms with Gasteiger partial charge < -0.3 is 10.1 Å². The first-order valence-corrected chi connectivity index (χ1v) is 11.1. The van der Waals surface area contributed by atoms with Crippen LogP contribution in [-0.2, 0) is 14.8 Å². The first-order chi connectivity index (χ1) is 13.9. The van der Waals surface area contributed by atoms with Crippen LogP contribution in [0.15, 0.2) is 53.4 Å². The summed E-state index contributed by atoms with van der Waals surface area (Å²) in [4.78, 5) is 10.9. The molecule has 0 spiro atoms. The number of anilines is 2. The van der Waals surface area contributed by atoms with Crippen LogP contribution in [0.4, 0.5) is 17.1 Å². The molecule has 2 atom stereocenters. The molecule has 0 amide bonds. The predicted octanol–water partition coefficient (Wildman–Crippen LogP) is 3.77. The van der Waals surface area contributed by atoms with Gasteiger partial charge in [-0.05, 0) is 55.9 Å². The van der Waals surface area contributed by atoms with Crippen LogP contribution < -0.4 is 10.0 Å². The van der Waals surface area contributed by atoms with E-state index in [2.05, 4.69) is 10.0 Å². The summed E-state index contributed by atoms with van der Waals surface area (Å²) >= 11 is 0. The molecule has 9 heteroatoms. The number of benzene rings is 2. The Labute approximate surface area is 169 Å². The van der Waals surface area contributed by atoms with E-state index in [1.54, 1.807) is 30.3 Å². The van der Waals surface area contributed by atoms with Crippen molar-refractivity contribution >= 4 is 27.1 Å². The maximum absolute atomic E-state index is 12.6. The van der Waals surface area contributed by atoms with Gasteiger partial charge in [-0.15, -0.1) is 0 Å². The van der Waals surface area contributed by atoms with E-state index in [1.807, 2.05) is 0 Å². The van der Waals surface area contributed by atoms with Crippen LogP contribution >= 0.6 is 0 Å². The zero-order chi connectivity index (χ0) is 20.4. The zero-order valence-electron chi connectivity index (χ0n) is 15.8. The van der Waals surface area contributed by atoms with E-state index in [9.17, 15) is 18.5 Å². The molecule has 1 aliphatic heterocycles. The van der Waals surface area contributed by atoms with E-state index in [-0.39, 0.29) is 22.7 Å². The SMILES string of the molecule is O=[N+]([O-])c1cc(S(=O)(=O)Nc2ccccc2)ccc1NC1CCOC(C2CC2)C1. The van der Waals surface area contributed by atoms with Crippen LogP contribution in [0.3, 0.4) is 0 Å². The lowest BCUT2D eigenvalue weighted by molar-refractivity contribution is -0.384. The van der Waals surface area contributed by atoms with Crippen molar-refractivity contribution in [2.45, 2.75) is 42.7 Å². The molecule has 1 saturated heterocycles. The van der Waals surface area contributed by atoms with Crippen molar-refractivity contribution in [3.05, 3.63) is 58.6 Å². The minimum Gasteiger partial charge on any atom is -0.378 e. The minimum absolute atomic E-state index is 0.0675. The van der Waals surface area contributed by atoms with Gasteiger partial charge in [-0.25, -0.2) is 8.42 Å². The molecule has 29 heavy (non-hydrogen) atoms. The molecule has 2 aliphatic rings. The third kappa shape index (κ3) is 4.68. The van der Waals surface area contributed by atoms with Crippen molar-refractivity contribution in [3.8, 4) is 0 Å². The Morgan fingerprint density at radius 2 is 1.83 bits per heavy atom. The number of para-hydroxylation sites is 1. The molecule has 1 heterocycles. The molecule has 8 nitrogen and oxygen atoms in total. The lowest BCUT2D eigenvalue weighted by atomic mass is 9.99. The van der Waals surface area contributed by atoms with Crippen molar-refractivity contribution in [1.82, 2.24) is 0 Å². The maximum Gasteiger partial charge on any atom is 0.293 e. The number of rotatable bonds is 7. The highest BCUT2D eigenvalue weighted by molar-refractivity contribution is 7.92. The first-order valence-electron chi connectivity index (χ1n) is 9.67. The molecule has 154 valence electrons. The number of ether oxygens (including phenoxy) is 1. The Kier molecular flexibility index (Phi) is 5.42. The number of nitrogens with one attached hydrogen (secondary N) is 2. The van der Waals surface area contributed by atoms with Crippen molar-refractivity contribution in [2.24, 2.45) is 5.92 Å². The second-order valence-electron chi connectivity index (χ2n) is 7.52. The lowest BCUT2D eigenvalue weighted by Gasteiger charge is -2.30. The summed E-state index contributed by atoms with van der Waals surface area (Å²) < 4.78 is 33.5. The molecule has 0 bridgehead atoms. The molecule has 2 unspecified atom stereocenters. The number of hydrogen-bond acceptors (Lipinski definition) is 6. The highest BCUT2D eigenvalue weighted by atomic mass is 32.2. The van der Waals surface area contributed by atoms with Crippen LogP contribution in [0.25, 0.3) is 0 Å². The molecule has 2 aromatic rings. The fraction of sp³-hybridized carbons (Fsp3) is 0.400. The molecular weight excluding hydrogens is 394 g/mol. The molecule has 4 rings (SSSR count). The fourth-order valence-electron chi connectivity index (χ4n) is 3.65. The normalized spacial score (nSPS) is 22.1. The van der Waals surface area contributed by atoms with E-state index >= 15 is 0 Å². The highest BCUT2D eigenvalue weighted by Crippen LogP contribution is 2.39. The minimum atomic E-state index is -3.93. The Bertz CT molecular complexity index is 992. The van der Waals surface area contributed by atoms with Gasteiger partial charge in [0.05, 0.1) is 15.9 Å². The number of nitro groups is 1. The summed E-state index contributed by atoms with van der Waals surface area (Å²) in [5, 5.41) is 14.8. The van der Waals surface area contributed by atoms with E-state index in [0.717, 1.165) is 18.9 Å². The summed E-state index contributed by atoms with van der Waals surface area (Å²) in [7, 11) is -3.93. The van der Waals surface area contributed by atoms with Gasteiger partial charge >= 0.3 is 0 Å². The van der Waals surface area contributed by atoms with Crippen LogP contribution in [0.5, 0.6) is 0 Å². The highest BCUT2D eigenvalue weighted by Gasteiger charge is 2.36. The average Bonchev–Trinajstić information content (AvgIpc) is 3.54. The number of hydrogen-bond donors (Lipinski definition) is 2. The van der Waals surface area contributed by atoms with Crippen LogP contribution in [0, 0.1) is 16.0 Å². The van der Waals surface area contributed by atoms with Gasteiger partial charge in [0.15, 0.2) is 0 Å². The topological polar surface area (TPSA) is 111 Å². The fourth-order valence-corrected chi connectivity index (χ4v) is 4.73. The van der Waals surface area contributed by atoms with Crippen molar-refractivity contribution in [2.75, 3.05) is 16.6 Å². The Morgan fingerprint density at radius 1 is 1.07 bits per heavy atom. The van der Waals surface area contributed by atoms with Gasteiger partial charge in [0.2, 0.25) is 0 Å². The van der Waals surface area contributed by atoms with Gasteiger partial charge in [0.1, 0.15) is 5.69 Å². The zero-order valence-corrected chi connectivity index (χ0v) is 16.6. The lowest BCUT2D eigenvalue weighted by Crippen LogP contribution is -2.35. The van der Waals surface area contributed by atoms with Gasteiger partial charge in [0.25, 0.3) is 15.7 Å². The largest absolute Gasteiger partial charge is 0.378 e. The maximum atomic E-state index is 12.6. The molecule has 0 aromatic heterocycles. The summed E-state index contributed by atoms with van der Waals surface area (Å²) in [6, 6.07) is 12.4. The number of sulfonamides is 1. The van der Waals surface area contributed by atoms with E-state index < -0.39 is 14.9 Å². The molecule has 2 aromatic carbocycles. The van der Waals surface area contributed by atoms with Crippen molar-refractivity contribution in [3.63, 3.8) is 0 Å². The second kappa shape index (κ2) is 8.00. The molecule has 2 N–H and O–H groups in total. The Morgan fingerprint density at radius 3 is 2.52 bits per heavy atom. The summed E-state index contributed by atoms with van der Waals surface area (Å²) in [6.07, 6.45) is 4.12. The molecule has 0 radical (unpaired) electrons. The molecular formula is C20H23N3O5S. The van der Waals surface area contributed by atoms with Crippen LogP contribution in [0.2, 0.25) is 0 Å². The molecule has 1 aliphatic carbocycles. The van der Waals surface area contributed by atoms with E-state index in [4.69, 9.17) is 4.74 Å². The summed E-state index contributed by atoms with van der Waals surface area (Å²) in [6.45, 7) is 0.625. The van der Waals surface area contributed by atoms with Gasteiger partial charge in [-0.2, -0.15) is 0 Å². The molecule has 1 saturated carbocycles. The number of nitrogens with zero attached hydrogens (tertiary/aromatic N) is 1. The Balaban J connectivity index is 1.54. The van der Waals surface area contributed by atoms with Crippen molar-refractivity contribution < 1.29 is 18.1 Å². The van der Waals surface area contributed by atoms with Gasteiger partial charge in [0, 0.05) is 24.4 Å². The average molecular weight is 417 g/mol.